The Hall–Kier alpha value is -0.660. The van der Waals surface area contributed by atoms with Crippen molar-refractivity contribution >= 4 is 33.4 Å². The van der Waals surface area contributed by atoms with Gasteiger partial charge in [-0.15, -0.1) is 11.8 Å². The molecule has 0 saturated carbocycles. The van der Waals surface area contributed by atoms with Crippen molar-refractivity contribution in [2.45, 2.75) is 25.2 Å². The molecule has 1 aromatic rings. The highest BCUT2D eigenvalue weighted by atomic mass is 79.9. The third-order valence-corrected chi connectivity index (χ3v) is 3.84. The van der Waals surface area contributed by atoms with Gasteiger partial charge in [0.2, 0.25) is 0 Å². The molecule has 0 radical (unpaired) electrons. The van der Waals surface area contributed by atoms with Crippen LogP contribution in [0.3, 0.4) is 0 Å². The number of anilines is 1. The van der Waals surface area contributed by atoms with Crippen molar-refractivity contribution in [2.24, 2.45) is 5.41 Å². The number of nitrogens with two attached hydrogens (primary N) is 1. The molecule has 0 aliphatic rings. The van der Waals surface area contributed by atoms with Gasteiger partial charge >= 0.3 is 0 Å². The van der Waals surface area contributed by atoms with Crippen LogP contribution in [0.25, 0.3) is 0 Å². The molecule has 0 atom stereocenters. The first-order valence-corrected chi connectivity index (χ1v) is 6.81. The van der Waals surface area contributed by atoms with Crippen LogP contribution < -0.4 is 5.73 Å². The molecule has 16 heavy (non-hydrogen) atoms. The molecule has 0 saturated heterocycles. The van der Waals surface area contributed by atoms with E-state index in [2.05, 4.69) is 22.0 Å². The lowest BCUT2D eigenvalue weighted by Crippen LogP contribution is -2.08. The number of nitrogens with zero attached hydrogens (tertiary/aromatic N) is 1. The normalized spacial score (nSPS) is 11.1. The molecule has 0 amide bonds. The number of nitrogen functional groups attached to an aromatic ring is 1. The minimum absolute atomic E-state index is 0.253. The molecule has 0 fully saturated rings. The summed E-state index contributed by atoms with van der Waals surface area (Å²) in [5.74, 6) is 0.909. The second kappa shape index (κ2) is 5.60. The van der Waals surface area contributed by atoms with Gasteiger partial charge < -0.3 is 5.73 Å². The van der Waals surface area contributed by atoms with Crippen molar-refractivity contribution in [3.63, 3.8) is 0 Å². The van der Waals surface area contributed by atoms with Gasteiger partial charge in [0.05, 0.1) is 11.5 Å². The number of rotatable bonds is 4. The molecule has 0 bridgehead atoms. The highest BCUT2D eigenvalue weighted by molar-refractivity contribution is 9.10. The molecule has 0 spiro atoms. The predicted molar refractivity (Wildman–Crippen MR) is 73.3 cm³/mol. The molecule has 1 rings (SSSR count). The molecule has 4 heteroatoms. The van der Waals surface area contributed by atoms with E-state index < -0.39 is 0 Å². The second-order valence-electron chi connectivity index (χ2n) is 4.28. The Balaban J connectivity index is 2.53. The third-order valence-electron chi connectivity index (χ3n) is 2.26. The van der Waals surface area contributed by atoms with Crippen LogP contribution >= 0.6 is 27.7 Å². The van der Waals surface area contributed by atoms with Crippen molar-refractivity contribution in [1.29, 1.82) is 5.26 Å². The number of hydrogen-bond donors (Lipinski definition) is 1. The summed E-state index contributed by atoms with van der Waals surface area (Å²) in [6, 6.07) is 8.18. The topological polar surface area (TPSA) is 49.8 Å². The first-order valence-electron chi connectivity index (χ1n) is 5.04. The van der Waals surface area contributed by atoms with Gasteiger partial charge in [0.15, 0.2) is 0 Å². The highest BCUT2D eigenvalue weighted by Crippen LogP contribution is 2.30. The summed E-state index contributed by atoms with van der Waals surface area (Å²) < 4.78 is 0.992. The molecule has 1 aromatic carbocycles. The fourth-order valence-electron chi connectivity index (χ4n) is 1.12. The first-order chi connectivity index (χ1) is 7.44. The summed E-state index contributed by atoms with van der Waals surface area (Å²) in [6.07, 6.45) is 0.865. The number of nitriles is 1. The Morgan fingerprint density at radius 3 is 2.75 bits per heavy atom. The van der Waals surface area contributed by atoms with Crippen LogP contribution in [0.4, 0.5) is 5.69 Å². The van der Waals surface area contributed by atoms with Gasteiger partial charge in [0, 0.05) is 15.1 Å². The molecule has 86 valence electrons. The standard InChI is InChI=1S/C12H15BrN2S/c1-12(2,8-14)5-6-16-11-4-3-9(13)7-10(11)15/h3-4,7H,5-6,15H2,1-2H3. The number of halogens is 1. The van der Waals surface area contributed by atoms with Crippen molar-refractivity contribution < 1.29 is 0 Å². The van der Waals surface area contributed by atoms with Gasteiger partial charge in [0.1, 0.15) is 0 Å². The van der Waals surface area contributed by atoms with E-state index in [-0.39, 0.29) is 5.41 Å². The quantitative estimate of drug-likeness (QED) is 0.673. The van der Waals surface area contributed by atoms with E-state index in [9.17, 15) is 0 Å². The zero-order chi connectivity index (χ0) is 12.2. The Kier molecular flexibility index (Phi) is 4.69. The Morgan fingerprint density at radius 2 is 2.19 bits per heavy atom. The monoisotopic (exact) mass is 298 g/mol. The molecule has 0 aromatic heterocycles. The van der Waals surface area contributed by atoms with E-state index in [4.69, 9.17) is 11.0 Å². The Labute approximate surface area is 109 Å². The van der Waals surface area contributed by atoms with Crippen molar-refractivity contribution in [3.05, 3.63) is 22.7 Å². The minimum atomic E-state index is -0.253. The third kappa shape index (κ3) is 4.07. The molecule has 0 heterocycles. The summed E-state index contributed by atoms with van der Waals surface area (Å²) in [7, 11) is 0. The maximum atomic E-state index is 8.89. The number of thioether (sulfide) groups is 1. The summed E-state index contributed by atoms with van der Waals surface area (Å²) in [5, 5.41) is 8.89. The molecule has 2 N–H and O–H groups in total. The van der Waals surface area contributed by atoms with Crippen LogP contribution in [0.1, 0.15) is 20.3 Å². The first kappa shape index (κ1) is 13.4. The maximum Gasteiger partial charge on any atom is 0.0684 e. The summed E-state index contributed by atoms with van der Waals surface area (Å²) in [5.41, 5.74) is 6.42. The molecule has 0 aliphatic carbocycles. The summed E-state index contributed by atoms with van der Waals surface area (Å²) >= 11 is 5.08. The Morgan fingerprint density at radius 1 is 1.50 bits per heavy atom. The zero-order valence-corrected chi connectivity index (χ0v) is 11.9. The minimum Gasteiger partial charge on any atom is -0.398 e. The van der Waals surface area contributed by atoms with E-state index in [0.717, 1.165) is 27.2 Å². The van der Waals surface area contributed by atoms with E-state index in [1.54, 1.807) is 11.8 Å². The van der Waals surface area contributed by atoms with Gasteiger partial charge in [-0.05, 0) is 44.2 Å². The van der Waals surface area contributed by atoms with Gasteiger partial charge in [-0.1, -0.05) is 15.9 Å². The summed E-state index contributed by atoms with van der Waals surface area (Å²) in [4.78, 5) is 1.08. The van der Waals surface area contributed by atoms with Crippen LogP contribution in [0, 0.1) is 16.7 Å². The Bertz CT molecular complexity index is 410. The van der Waals surface area contributed by atoms with Crippen molar-refractivity contribution in [2.75, 3.05) is 11.5 Å². The molecular weight excluding hydrogens is 284 g/mol. The molecular formula is C12H15BrN2S. The maximum absolute atomic E-state index is 8.89. The second-order valence-corrected chi connectivity index (χ2v) is 6.33. The fraction of sp³-hybridized carbons (Fsp3) is 0.417. The van der Waals surface area contributed by atoms with Crippen LogP contribution in [0.2, 0.25) is 0 Å². The van der Waals surface area contributed by atoms with Crippen molar-refractivity contribution in [3.8, 4) is 6.07 Å². The largest absolute Gasteiger partial charge is 0.398 e. The van der Waals surface area contributed by atoms with Crippen LogP contribution in [-0.2, 0) is 0 Å². The van der Waals surface area contributed by atoms with E-state index in [0.29, 0.717) is 0 Å². The molecule has 0 aliphatic heterocycles. The van der Waals surface area contributed by atoms with Crippen LogP contribution in [0.5, 0.6) is 0 Å². The van der Waals surface area contributed by atoms with Crippen LogP contribution in [-0.4, -0.2) is 5.75 Å². The van der Waals surface area contributed by atoms with E-state index in [1.807, 2.05) is 32.0 Å². The zero-order valence-electron chi connectivity index (χ0n) is 9.46. The summed E-state index contributed by atoms with van der Waals surface area (Å²) in [6.45, 7) is 3.91. The lowest BCUT2D eigenvalue weighted by Gasteiger charge is -2.14. The molecule has 2 nitrogen and oxygen atoms in total. The highest BCUT2D eigenvalue weighted by Gasteiger charge is 2.16. The average molecular weight is 299 g/mol. The SMILES string of the molecule is CC(C)(C#N)CCSc1ccc(Br)cc1N. The lowest BCUT2D eigenvalue weighted by molar-refractivity contribution is 0.482. The van der Waals surface area contributed by atoms with Gasteiger partial charge in [-0.25, -0.2) is 0 Å². The van der Waals surface area contributed by atoms with Gasteiger partial charge in [-0.2, -0.15) is 5.26 Å². The smallest absolute Gasteiger partial charge is 0.0684 e. The predicted octanol–water partition coefficient (Wildman–Crippen LogP) is 4.06. The fourth-order valence-corrected chi connectivity index (χ4v) is 2.72. The van der Waals surface area contributed by atoms with Crippen molar-refractivity contribution in [1.82, 2.24) is 0 Å². The average Bonchev–Trinajstić information content (AvgIpc) is 2.21. The van der Waals surface area contributed by atoms with Gasteiger partial charge in [0.25, 0.3) is 0 Å². The van der Waals surface area contributed by atoms with Gasteiger partial charge in [-0.3, -0.25) is 0 Å². The van der Waals surface area contributed by atoms with Crippen LogP contribution in [0.15, 0.2) is 27.6 Å². The van der Waals surface area contributed by atoms with E-state index >= 15 is 0 Å². The lowest BCUT2D eigenvalue weighted by atomic mass is 9.93. The van der Waals surface area contributed by atoms with E-state index in [1.165, 1.54) is 0 Å². The number of benzene rings is 1. The molecule has 0 unspecified atom stereocenters. The number of hydrogen-bond acceptors (Lipinski definition) is 3.